The minimum Gasteiger partial charge on any atom is -0.392 e. The van der Waals surface area contributed by atoms with Gasteiger partial charge in [-0.15, -0.1) is 0 Å². The van der Waals surface area contributed by atoms with Crippen LogP contribution in [-0.4, -0.2) is 30.1 Å². The SMILES string of the molecule is CN(C)c1cc(C(=O)NCc2ccccc2CO)ccn1. The molecule has 2 aromatic rings. The van der Waals surface area contributed by atoms with E-state index >= 15 is 0 Å². The maximum Gasteiger partial charge on any atom is 0.251 e. The normalized spacial score (nSPS) is 10.2. The molecule has 0 aliphatic heterocycles. The maximum absolute atomic E-state index is 12.2. The number of hydrogen-bond donors (Lipinski definition) is 2. The third-order valence-corrected chi connectivity index (χ3v) is 3.19. The highest BCUT2D eigenvalue weighted by molar-refractivity contribution is 5.94. The Hall–Kier alpha value is -2.40. The summed E-state index contributed by atoms with van der Waals surface area (Å²) in [6.45, 7) is 0.348. The van der Waals surface area contributed by atoms with Crippen LogP contribution in [0.5, 0.6) is 0 Å². The molecule has 21 heavy (non-hydrogen) atoms. The molecule has 110 valence electrons. The van der Waals surface area contributed by atoms with Gasteiger partial charge in [-0.05, 0) is 23.3 Å². The monoisotopic (exact) mass is 285 g/mol. The molecule has 0 radical (unpaired) electrons. The third kappa shape index (κ3) is 3.79. The van der Waals surface area contributed by atoms with E-state index in [9.17, 15) is 9.90 Å². The van der Waals surface area contributed by atoms with Crippen molar-refractivity contribution < 1.29 is 9.90 Å². The second-order valence-corrected chi connectivity index (χ2v) is 4.91. The number of nitrogens with one attached hydrogen (secondary N) is 1. The summed E-state index contributed by atoms with van der Waals surface area (Å²) in [5.41, 5.74) is 2.30. The highest BCUT2D eigenvalue weighted by Gasteiger charge is 2.08. The van der Waals surface area contributed by atoms with Gasteiger partial charge < -0.3 is 15.3 Å². The molecule has 0 aliphatic rings. The van der Waals surface area contributed by atoms with Crippen molar-refractivity contribution in [2.24, 2.45) is 0 Å². The molecule has 2 rings (SSSR count). The molecule has 1 heterocycles. The molecule has 0 bridgehead atoms. The Bertz CT molecular complexity index is 626. The van der Waals surface area contributed by atoms with Gasteiger partial charge in [-0.1, -0.05) is 24.3 Å². The van der Waals surface area contributed by atoms with Gasteiger partial charge in [-0.3, -0.25) is 4.79 Å². The summed E-state index contributed by atoms with van der Waals surface area (Å²) in [4.78, 5) is 18.2. The lowest BCUT2D eigenvalue weighted by atomic mass is 10.1. The zero-order valence-corrected chi connectivity index (χ0v) is 12.2. The van der Waals surface area contributed by atoms with E-state index in [-0.39, 0.29) is 12.5 Å². The number of anilines is 1. The summed E-state index contributed by atoms with van der Waals surface area (Å²) in [5, 5.41) is 12.1. The first-order chi connectivity index (χ1) is 10.1. The maximum atomic E-state index is 12.2. The molecule has 0 fully saturated rings. The van der Waals surface area contributed by atoms with Crippen molar-refractivity contribution in [2.45, 2.75) is 13.2 Å². The van der Waals surface area contributed by atoms with Crippen LogP contribution < -0.4 is 10.2 Å². The van der Waals surface area contributed by atoms with Gasteiger partial charge in [0.05, 0.1) is 6.61 Å². The largest absolute Gasteiger partial charge is 0.392 e. The number of aromatic nitrogens is 1. The van der Waals surface area contributed by atoms with E-state index in [1.165, 1.54) is 0 Å². The zero-order valence-electron chi connectivity index (χ0n) is 12.2. The van der Waals surface area contributed by atoms with E-state index in [0.29, 0.717) is 12.1 Å². The van der Waals surface area contributed by atoms with Gasteiger partial charge in [0.15, 0.2) is 0 Å². The Balaban J connectivity index is 2.06. The summed E-state index contributed by atoms with van der Waals surface area (Å²) in [6.07, 6.45) is 1.62. The number of nitrogens with zero attached hydrogens (tertiary/aromatic N) is 2. The fourth-order valence-electron chi connectivity index (χ4n) is 1.97. The fourth-order valence-corrected chi connectivity index (χ4v) is 1.97. The van der Waals surface area contributed by atoms with E-state index in [1.54, 1.807) is 18.3 Å². The van der Waals surface area contributed by atoms with Crippen LogP contribution >= 0.6 is 0 Å². The van der Waals surface area contributed by atoms with Crippen LogP contribution in [0.1, 0.15) is 21.5 Å². The summed E-state index contributed by atoms with van der Waals surface area (Å²) in [7, 11) is 3.75. The quantitative estimate of drug-likeness (QED) is 0.875. The van der Waals surface area contributed by atoms with Crippen LogP contribution in [-0.2, 0) is 13.2 Å². The molecule has 1 aromatic carbocycles. The molecular weight excluding hydrogens is 266 g/mol. The van der Waals surface area contributed by atoms with Crippen molar-refractivity contribution in [3.63, 3.8) is 0 Å². The third-order valence-electron chi connectivity index (χ3n) is 3.19. The smallest absolute Gasteiger partial charge is 0.251 e. The molecular formula is C16H19N3O2. The number of hydrogen-bond acceptors (Lipinski definition) is 4. The van der Waals surface area contributed by atoms with Crippen LogP contribution in [0.15, 0.2) is 42.6 Å². The molecule has 1 amide bonds. The molecule has 5 nitrogen and oxygen atoms in total. The molecule has 1 aromatic heterocycles. The topological polar surface area (TPSA) is 65.5 Å². The molecule has 5 heteroatoms. The number of aliphatic hydroxyl groups excluding tert-OH is 1. The summed E-state index contributed by atoms with van der Waals surface area (Å²) in [6, 6.07) is 10.9. The summed E-state index contributed by atoms with van der Waals surface area (Å²) < 4.78 is 0. The average molecular weight is 285 g/mol. The lowest BCUT2D eigenvalue weighted by Crippen LogP contribution is -2.24. The van der Waals surface area contributed by atoms with Crippen LogP contribution in [0.2, 0.25) is 0 Å². The predicted octanol–water partition coefficient (Wildman–Crippen LogP) is 1.57. The van der Waals surface area contributed by atoms with E-state index < -0.39 is 0 Å². The minimum absolute atomic E-state index is 0.0356. The van der Waals surface area contributed by atoms with Crippen LogP contribution in [0, 0.1) is 0 Å². The fraction of sp³-hybridized carbons (Fsp3) is 0.250. The number of amides is 1. The second-order valence-electron chi connectivity index (χ2n) is 4.91. The van der Waals surface area contributed by atoms with Gasteiger partial charge in [0, 0.05) is 32.4 Å². The molecule has 0 saturated heterocycles. The number of carbonyl (C=O) groups excluding carboxylic acids is 1. The van der Waals surface area contributed by atoms with Crippen LogP contribution in [0.3, 0.4) is 0 Å². The van der Waals surface area contributed by atoms with E-state index in [1.807, 2.05) is 43.3 Å². The first kappa shape index (κ1) is 15.0. The number of carbonyl (C=O) groups is 1. The van der Waals surface area contributed by atoms with Gasteiger partial charge in [-0.25, -0.2) is 4.98 Å². The van der Waals surface area contributed by atoms with Crippen molar-refractivity contribution in [1.29, 1.82) is 0 Å². The number of benzene rings is 1. The molecule has 0 spiro atoms. The summed E-state index contributed by atoms with van der Waals surface area (Å²) in [5.74, 6) is 0.576. The standard InChI is InChI=1S/C16H19N3O2/c1-19(2)15-9-12(7-8-17-15)16(21)18-10-13-5-3-4-6-14(13)11-20/h3-9,20H,10-11H2,1-2H3,(H,18,21). The van der Waals surface area contributed by atoms with Gasteiger partial charge >= 0.3 is 0 Å². The Kier molecular flexibility index (Phi) is 4.90. The molecule has 0 aliphatic carbocycles. The van der Waals surface area contributed by atoms with Crippen molar-refractivity contribution in [3.8, 4) is 0 Å². The van der Waals surface area contributed by atoms with Gasteiger partial charge in [0.1, 0.15) is 5.82 Å². The lowest BCUT2D eigenvalue weighted by molar-refractivity contribution is 0.0950. The summed E-state index contributed by atoms with van der Waals surface area (Å²) >= 11 is 0. The predicted molar refractivity (Wildman–Crippen MR) is 82.1 cm³/mol. The Labute approximate surface area is 124 Å². The minimum atomic E-state index is -0.159. The first-order valence-electron chi connectivity index (χ1n) is 6.71. The van der Waals surface area contributed by atoms with Crippen LogP contribution in [0.4, 0.5) is 5.82 Å². The molecule has 0 saturated carbocycles. The highest BCUT2D eigenvalue weighted by Crippen LogP contribution is 2.11. The van der Waals surface area contributed by atoms with Crippen molar-refractivity contribution in [1.82, 2.24) is 10.3 Å². The zero-order chi connectivity index (χ0) is 15.2. The lowest BCUT2D eigenvalue weighted by Gasteiger charge is -2.12. The van der Waals surface area contributed by atoms with Crippen molar-refractivity contribution >= 4 is 11.7 Å². The number of aliphatic hydroxyl groups is 1. The van der Waals surface area contributed by atoms with E-state index in [4.69, 9.17) is 0 Å². The molecule has 0 atom stereocenters. The second kappa shape index (κ2) is 6.85. The van der Waals surface area contributed by atoms with Crippen LogP contribution in [0.25, 0.3) is 0 Å². The van der Waals surface area contributed by atoms with E-state index in [0.717, 1.165) is 16.9 Å². The van der Waals surface area contributed by atoms with Gasteiger partial charge in [0.25, 0.3) is 5.91 Å². The van der Waals surface area contributed by atoms with Crippen molar-refractivity contribution in [3.05, 3.63) is 59.3 Å². The molecule has 0 unspecified atom stereocenters. The number of pyridine rings is 1. The van der Waals surface area contributed by atoms with Crippen molar-refractivity contribution in [2.75, 3.05) is 19.0 Å². The molecule has 2 N–H and O–H groups in total. The Morgan fingerprint density at radius 2 is 1.95 bits per heavy atom. The Morgan fingerprint density at radius 1 is 1.24 bits per heavy atom. The first-order valence-corrected chi connectivity index (χ1v) is 6.71. The van der Waals surface area contributed by atoms with Gasteiger partial charge in [0.2, 0.25) is 0 Å². The van der Waals surface area contributed by atoms with Gasteiger partial charge in [-0.2, -0.15) is 0 Å². The Morgan fingerprint density at radius 3 is 2.62 bits per heavy atom. The number of rotatable bonds is 5. The highest BCUT2D eigenvalue weighted by atomic mass is 16.3. The average Bonchev–Trinajstić information content (AvgIpc) is 2.52. The van der Waals surface area contributed by atoms with E-state index in [2.05, 4.69) is 10.3 Å².